The molecule has 0 radical (unpaired) electrons. The van der Waals surface area contributed by atoms with E-state index in [1.54, 1.807) is 12.1 Å². The number of hydrogen-bond acceptors (Lipinski definition) is 4. The van der Waals surface area contributed by atoms with E-state index in [9.17, 15) is 9.18 Å². The molecule has 2 N–H and O–H groups in total. The Morgan fingerprint density at radius 1 is 1.07 bits per heavy atom. The molecule has 5 nitrogen and oxygen atoms in total. The van der Waals surface area contributed by atoms with E-state index in [2.05, 4.69) is 31.8 Å². The number of rotatable bonds is 4. The van der Waals surface area contributed by atoms with Crippen molar-refractivity contribution in [2.45, 2.75) is 26.2 Å². The zero-order chi connectivity index (χ0) is 20.4. The number of amides is 1. The van der Waals surface area contributed by atoms with E-state index in [1.807, 2.05) is 31.2 Å². The van der Waals surface area contributed by atoms with Crippen LogP contribution < -0.4 is 10.7 Å². The van der Waals surface area contributed by atoms with Crippen LogP contribution in [0.2, 0.25) is 0 Å². The monoisotopic (exact) mass is 455 g/mol. The second-order valence-electron chi connectivity index (χ2n) is 6.85. The average Bonchev–Trinajstić information content (AvgIpc) is 3.07. The molecule has 7 heteroatoms. The minimum atomic E-state index is -0.296. The number of halogens is 2. The molecule has 0 saturated carbocycles. The molecule has 0 spiro atoms. The number of benzene rings is 2. The van der Waals surface area contributed by atoms with Crippen LogP contribution in [-0.4, -0.2) is 11.6 Å². The fourth-order valence-corrected chi connectivity index (χ4v) is 3.64. The first-order valence-corrected chi connectivity index (χ1v) is 10.1. The van der Waals surface area contributed by atoms with Gasteiger partial charge in [0.2, 0.25) is 0 Å². The molecule has 0 fully saturated rings. The maximum atomic E-state index is 13.1. The number of furan rings is 1. The van der Waals surface area contributed by atoms with E-state index >= 15 is 0 Å². The van der Waals surface area contributed by atoms with Gasteiger partial charge >= 0.3 is 0 Å². The third kappa shape index (κ3) is 4.24. The highest BCUT2D eigenvalue weighted by molar-refractivity contribution is 9.10. The van der Waals surface area contributed by atoms with Crippen molar-refractivity contribution in [1.29, 1.82) is 0 Å². The van der Waals surface area contributed by atoms with Crippen molar-refractivity contribution < 1.29 is 13.6 Å². The quantitative estimate of drug-likeness (QED) is 0.481. The van der Waals surface area contributed by atoms with Crippen molar-refractivity contribution in [3.05, 3.63) is 81.5 Å². The van der Waals surface area contributed by atoms with Crippen LogP contribution >= 0.6 is 15.9 Å². The Morgan fingerprint density at radius 3 is 2.48 bits per heavy atom. The molecule has 1 amide bonds. The van der Waals surface area contributed by atoms with Crippen LogP contribution in [0.25, 0.3) is 0 Å². The Bertz CT molecular complexity index is 1070. The summed E-state index contributed by atoms with van der Waals surface area (Å²) < 4.78 is 19.9. The summed E-state index contributed by atoms with van der Waals surface area (Å²) in [5.74, 6) is 0.490. The van der Waals surface area contributed by atoms with E-state index in [0.717, 1.165) is 46.3 Å². The first kappa shape index (κ1) is 19.4. The number of hydrazone groups is 1. The summed E-state index contributed by atoms with van der Waals surface area (Å²) in [5.41, 5.74) is 6.84. The van der Waals surface area contributed by atoms with Crippen LogP contribution in [0.15, 0.2) is 62.5 Å². The van der Waals surface area contributed by atoms with Crippen LogP contribution in [0.3, 0.4) is 0 Å². The molecule has 1 aliphatic rings. The van der Waals surface area contributed by atoms with Gasteiger partial charge in [-0.1, -0.05) is 15.9 Å². The number of aryl methyl sites for hydroxylation is 1. The highest BCUT2D eigenvalue weighted by atomic mass is 79.9. The van der Waals surface area contributed by atoms with Crippen molar-refractivity contribution in [1.82, 2.24) is 0 Å². The minimum absolute atomic E-state index is 0.287. The van der Waals surface area contributed by atoms with Gasteiger partial charge in [-0.15, -0.1) is 0 Å². The van der Waals surface area contributed by atoms with E-state index in [1.165, 1.54) is 12.1 Å². The van der Waals surface area contributed by atoms with Crippen molar-refractivity contribution in [3.8, 4) is 0 Å². The molecule has 0 unspecified atom stereocenters. The first-order chi connectivity index (χ1) is 14.0. The molecule has 1 aromatic heterocycles. The number of hydrogen-bond donors (Lipinski definition) is 2. The van der Waals surface area contributed by atoms with E-state index in [0.29, 0.717) is 17.1 Å². The molecule has 4 rings (SSSR count). The number of nitrogens with zero attached hydrogens (tertiary/aromatic N) is 1. The molecule has 148 valence electrons. The van der Waals surface area contributed by atoms with Gasteiger partial charge in [0.1, 0.15) is 11.6 Å². The Kier molecular flexibility index (Phi) is 5.49. The van der Waals surface area contributed by atoms with Gasteiger partial charge in [0.05, 0.1) is 11.4 Å². The highest BCUT2D eigenvalue weighted by Gasteiger charge is 2.28. The maximum Gasteiger partial charge on any atom is 0.291 e. The van der Waals surface area contributed by atoms with Crippen molar-refractivity contribution in [2.75, 3.05) is 10.7 Å². The van der Waals surface area contributed by atoms with Crippen molar-refractivity contribution in [3.63, 3.8) is 0 Å². The summed E-state index contributed by atoms with van der Waals surface area (Å²) >= 11 is 3.38. The smallest absolute Gasteiger partial charge is 0.291 e. The second-order valence-corrected chi connectivity index (χ2v) is 7.76. The summed E-state index contributed by atoms with van der Waals surface area (Å²) in [6.07, 6.45) is 2.42. The van der Waals surface area contributed by atoms with Gasteiger partial charge in [-0.3, -0.25) is 10.2 Å². The molecule has 29 heavy (non-hydrogen) atoms. The molecule has 0 saturated heterocycles. The lowest BCUT2D eigenvalue weighted by atomic mass is 9.93. The van der Waals surface area contributed by atoms with Gasteiger partial charge in [-0.2, -0.15) is 5.10 Å². The summed E-state index contributed by atoms with van der Waals surface area (Å²) in [4.78, 5) is 12.7. The van der Waals surface area contributed by atoms with E-state index in [-0.39, 0.29) is 11.7 Å². The largest absolute Gasteiger partial charge is 0.455 e. The summed E-state index contributed by atoms with van der Waals surface area (Å²) in [6.45, 7) is 1.87. The lowest BCUT2D eigenvalue weighted by Crippen LogP contribution is -2.14. The van der Waals surface area contributed by atoms with Crippen LogP contribution in [0.4, 0.5) is 15.8 Å². The zero-order valence-corrected chi connectivity index (χ0v) is 17.3. The summed E-state index contributed by atoms with van der Waals surface area (Å²) in [7, 11) is 0. The predicted molar refractivity (Wildman–Crippen MR) is 115 cm³/mol. The molecule has 0 atom stereocenters. The summed E-state index contributed by atoms with van der Waals surface area (Å²) in [5, 5.41) is 7.37. The van der Waals surface area contributed by atoms with Gasteiger partial charge in [0.15, 0.2) is 5.76 Å². The number of carbonyl (C=O) groups is 1. The number of nitrogens with one attached hydrogen (secondary N) is 2. The van der Waals surface area contributed by atoms with Crippen LogP contribution in [-0.2, 0) is 6.42 Å². The Morgan fingerprint density at radius 2 is 1.76 bits per heavy atom. The van der Waals surface area contributed by atoms with Gasteiger partial charge in [0, 0.05) is 27.7 Å². The fourth-order valence-electron chi connectivity index (χ4n) is 3.37. The van der Waals surface area contributed by atoms with Gasteiger partial charge in [-0.05, 0) is 68.3 Å². The SMILES string of the molecule is Cc1c(C(=O)Nc2ccc(Br)cc2)oc2c1/C(=N/Nc1ccc(F)cc1)CCC2. The lowest BCUT2D eigenvalue weighted by molar-refractivity contribution is 0.0994. The fraction of sp³-hybridized carbons (Fsp3) is 0.182. The molecule has 2 aromatic carbocycles. The molecule has 1 heterocycles. The number of fused-ring (bicyclic) bond motifs is 1. The second kappa shape index (κ2) is 8.21. The molecule has 0 bridgehead atoms. The van der Waals surface area contributed by atoms with Gasteiger partial charge in [-0.25, -0.2) is 4.39 Å². The summed E-state index contributed by atoms with van der Waals surface area (Å²) in [6, 6.07) is 13.4. The number of carbonyl (C=O) groups excluding carboxylic acids is 1. The third-order valence-corrected chi connectivity index (χ3v) is 5.33. The van der Waals surface area contributed by atoms with Gasteiger partial charge < -0.3 is 9.73 Å². The van der Waals surface area contributed by atoms with Crippen LogP contribution in [0.1, 0.15) is 40.3 Å². The molecule has 3 aromatic rings. The third-order valence-electron chi connectivity index (χ3n) is 4.80. The van der Waals surface area contributed by atoms with Crippen LogP contribution in [0, 0.1) is 12.7 Å². The topological polar surface area (TPSA) is 66.6 Å². The Hall–Kier alpha value is -2.93. The molecular formula is C22H19BrFN3O2. The predicted octanol–water partition coefficient (Wildman–Crippen LogP) is 5.89. The lowest BCUT2D eigenvalue weighted by Gasteiger charge is -2.13. The minimum Gasteiger partial charge on any atom is -0.455 e. The standard InChI is InChI=1S/C22H19BrFN3O2/c1-13-20-18(27-26-17-11-7-15(24)8-12-17)3-2-4-19(20)29-21(13)22(28)25-16-9-5-14(23)6-10-16/h5-12,26H,2-4H2,1H3,(H,25,28)/b27-18+. The highest BCUT2D eigenvalue weighted by Crippen LogP contribution is 2.30. The normalized spacial score (nSPS) is 14.5. The number of anilines is 2. The van der Waals surface area contributed by atoms with Crippen molar-refractivity contribution >= 4 is 38.9 Å². The van der Waals surface area contributed by atoms with E-state index < -0.39 is 0 Å². The molecule has 0 aliphatic heterocycles. The zero-order valence-electron chi connectivity index (χ0n) is 15.8. The van der Waals surface area contributed by atoms with Gasteiger partial charge in [0.25, 0.3) is 5.91 Å². The van der Waals surface area contributed by atoms with Crippen molar-refractivity contribution in [2.24, 2.45) is 5.10 Å². The average molecular weight is 456 g/mol. The van der Waals surface area contributed by atoms with Crippen LogP contribution in [0.5, 0.6) is 0 Å². The molecular weight excluding hydrogens is 437 g/mol. The Labute approximate surface area is 176 Å². The van der Waals surface area contributed by atoms with E-state index in [4.69, 9.17) is 4.42 Å². The first-order valence-electron chi connectivity index (χ1n) is 9.29. The maximum absolute atomic E-state index is 13.1. The molecule has 1 aliphatic carbocycles. The Balaban J connectivity index is 1.58.